The number of rotatable bonds is 16. The first-order chi connectivity index (χ1) is 23.8. The molecule has 0 aliphatic carbocycles. The van der Waals surface area contributed by atoms with Crippen molar-refractivity contribution in [2.45, 2.75) is 34.5 Å². The van der Waals surface area contributed by atoms with Crippen molar-refractivity contribution in [1.29, 1.82) is 0 Å². The minimum atomic E-state index is -4.73. The third kappa shape index (κ3) is 22.5. The third-order valence-corrected chi connectivity index (χ3v) is 10.4. The molecule has 55 heavy (non-hydrogen) atoms. The summed E-state index contributed by atoms with van der Waals surface area (Å²) in [5.74, 6) is 0.162. The molecule has 0 unspecified atom stereocenters. The molecule has 0 spiro atoms. The van der Waals surface area contributed by atoms with E-state index in [9.17, 15) is 38.9 Å². The first-order valence-corrected chi connectivity index (χ1v) is 21.5. The number of hydrogen-bond acceptors (Lipinski definition) is 20. The standard InChI is InChI=1S/C27H28N5O10S5.4Na.O3S/c1-42-23-17-21(32-31-20-9-7-18-5-2-6-24(22(18)16-20)47(39,40)41)10-8-19(23)15-25-28-26(43-11-3-13-45(33,34)35)30-27(29-25)44-12-4-14-46(36,37)38;;;;;1-4(2)3/h5-10,16-17H,3-4,11-15H2,1H3,(H,33,34,35)(H,36,37,38)(H,39,40,41);;;;;/q-1;4*+1;/p-3. The number of benzene rings is 3. The molecule has 0 N–H and O–H groups in total. The van der Waals surface area contributed by atoms with Gasteiger partial charge in [0.05, 0.1) is 48.8 Å². The number of nitrogens with zero attached hydrogens (tertiary/aromatic N) is 5. The summed E-state index contributed by atoms with van der Waals surface area (Å²) in [5.41, 5.74) is 1.36. The van der Waals surface area contributed by atoms with Gasteiger partial charge in [-0.3, -0.25) is 8.42 Å². The molecule has 0 aliphatic heterocycles. The summed E-state index contributed by atoms with van der Waals surface area (Å²) < 4.78 is 131. The van der Waals surface area contributed by atoms with Crippen LogP contribution in [0.5, 0.6) is 5.75 Å². The predicted octanol–water partition coefficient (Wildman–Crippen LogP) is -9.19. The van der Waals surface area contributed by atoms with E-state index in [2.05, 4.69) is 31.2 Å². The van der Waals surface area contributed by atoms with E-state index in [4.69, 9.17) is 17.4 Å². The van der Waals surface area contributed by atoms with Gasteiger partial charge in [-0.1, -0.05) is 29.6 Å². The van der Waals surface area contributed by atoms with Gasteiger partial charge in [-0.25, -0.2) is 26.8 Å². The average Bonchev–Trinajstić information content (AvgIpc) is 3.02. The Morgan fingerprint density at radius 1 is 0.745 bits per heavy atom. The Morgan fingerprint density at radius 2 is 1.24 bits per heavy atom. The van der Waals surface area contributed by atoms with Crippen LogP contribution in [0.1, 0.15) is 24.2 Å². The number of hydrogen-bond donors (Lipinski definition) is 0. The minimum absolute atomic E-state index is 0. The van der Waals surface area contributed by atoms with Crippen LogP contribution in [0.4, 0.5) is 11.4 Å². The molecular weight excluding hydrogens is 887 g/mol. The van der Waals surface area contributed by atoms with E-state index in [0.29, 0.717) is 33.9 Å². The molecule has 28 heteroatoms. The van der Waals surface area contributed by atoms with Gasteiger partial charge in [0.15, 0.2) is 10.3 Å². The first kappa shape index (κ1) is 57.5. The molecule has 0 fully saturated rings. The Morgan fingerprint density at radius 3 is 1.71 bits per heavy atom. The molecule has 1 aromatic heterocycles. The molecule has 18 nitrogen and oxygen atoms in total. The molecule has 4 aromatic rings. The Balaban J connectivity index is 0. The smallest absolute Gasteiger partial charge is 0.754 e. The normalized spacial score (nSPS) is 11.2. The van der Waals surface area contributed by atoms with Crippen molar-refractivity contribution in [3.8, 4) is 5.75 Å². The summed E-state index contributed by atoms with van der Waals surface area (Å²) in [7, 11) is -15.1. The number of thioether (sulfide) groups is 2. The fraction of sp³-hybridized carbons (Fsp3) is 0.296. The van der Waals surface area contributed by atoms with Crippen molar-refractivity contribution in [1.82, 2.24) is 15.0 Å². The topological polar surface area (TPSA) is 295 Å². The molecule has 0 bridgehead atoms. The van der Waals surface area contributed by atoms with Gasteiger partial charge in [0, 0.05) is 41.1 Å². The van der Waals surface area contributed by atoms with Gasteiger partial charge in [0.25, 0.3) is 0 Å². The van der Waals surface area contributed by atoms with E-state index in [1.807, 2.05) is 0 Å². The second-order valence-corrected chi connectivity index (χ2v) is 16.8. The van der Waals surface area contributed by atoms with Crippen LogP contribution < -0.4 is 123 Å². The van der Waals surface area contributed by atoms with Crippen LogP contribution >= 0.6 is 23.5 Å². The number of methoxy groups -OCH3 is 1. The van der Waals surface area contributed by atoms with Gasteiger partial charge in [-0.2, -0.15) is 33.4 Å². The van der Waals surface area contributed by atoms with Crippen molar-refractivity contribution in [3.63, 3.8) is 0 Å². The first-order valence-electron chi connectivity index (χ1n) is 14.0. The predicted molar refractivity (Wildman–Crippen MR) is 180 cm³/mol. The largest absolute Gasteiger partial charge is 1.00 e. The Kier molecular flexibility index (Phi) is 28.5. The van der Waals surface area contributed by atoms with Gasteiger partial charge in [0.2, 0.25) is 0 Å². The van der Waals surface area contributed by atoms with E-state index in [1.165, 1.54) is 13.2 Å². The Bertz CT molecular complexity index is 2300. The second-order valence-electron chi connectivity index (χ2n) is 9.87. The van der Waals surface area contributed by atoms with Crippen LogP contribution in [0, 0.1) is 6.07 Å². The third-order valence-electron chi connectivity index (χ3n) is 6.11. The molecule has 0 saturated carbocycles. The molecule has 4 rings (SSSR count). The van der Waals surface area contributed by atoms with E-state index in [0.717, 1.165) is 29.6 Å². The Labute approximate surface area is 416 Å². The summed E-state index contributed by atoms with van der Waals surface area (Å²) in [6.45, 7) is 0. The maximum atomic E-state index is 11.7. The van der Waals surface area contributed by atoms with Crippen LogP contribution in [-0.2, 0) is 47.4 Å². The molecule has 276 valence electrons. The zero-order valence-electron chi connectivity index (χ0n) is 30.1. The number of fused-ring (bicyclic) bond motifs is 1. The quantitative estimate of drug-likeness (QED) is 0.0252. The summed E-state index contributed by atoms with van der Waals surface area (Å²) in [5, 5.41) is 9.61. The summed E-state index contributed by atoms with van der Waals surface area (Å²) in [4.78, 5) is 12.8. The molecule has 0 atom stereocenters. The summed E-state index contributed by atoms with van der Waals surface area (Å²) >= 11 is 2.25. The summed E-state index contributed by atoms with van der Waals surface area (Å²) in [6.07, 6.45) is 0.339. The van der Waals surface area contributed by atoms with Crippen LogP contribution in [0.2, 0.25) is 0 Å². The number of azo groups is 1. The van der Waals surface area contributed by atoms with Crippen molar-refractivity contribution < 1.29 is 175 Å². The SMILES string of the molecule is COc1cc(N=Nc2ccc3c[c-]cc(S(=O)(=O)[O-])c3c2)ccc1Cc1nc(SCCCS(=O)(=O)[O-])nc(SCCCS(=O)(=O)[O-])n1.O=S(=O)=O.[Na+].[Na+].[Na+].[Na+]. The van der Waals surface area contributed by atoms with Crippen molar-refractivity contribution in [2.24, 2.45) is 10.2 Å². The summed E-state index contributed by atoms with van der Waals surface area (Å²) in [6, 6.07) is 14.9. The molecule has 0 radical (unpaired) electrons. The van der Waals surface area contributed by atoms with E-state index in [1.54, 1.807) is 36.4 Å². The van der Waals surface area contributed by atoms with Crippen molar-refractivity contribution in [2.75, 3.05) is 30.1 Å². The number of aromatic nitrogens is 3. The van der Waals surface area contributed by atoms with Crippen LogP contribution in [0.25, 0.3) is 10.8 Å². The van der Waals surface area contributed by atoms with Crippen LogP contribution in [-0.4, -0.2) is 96.6 Å². The molecule has 3 aromatic carbocycles. The molecule has 0 aliphatic rings. The minimum Gasteiger partial charge on any atom is -0.754 e. The van der Waals surface area contributed by atoms with Crippen LogP contribution in [0.3, 0.4) is 0 Å². The van der Waals surface area contributed by atoms with E-state index < -0.39 is 57.4 Å². The molecule has 0 amide bonds. The van der Waals surface area contributed by atoms with Gasteiger partial charge < -0.3 is 18.4 Å². The Hall–Kier alpha value is 0.380. The van der Waals surface area contributed by atoms with E-state index >= 15 is 0 Å². The fourth-order valence-corrected chi connectivity index (χ4v) is 7.71. The monoisotopic (exact) mass is 911 g/mol. The molecule has 1 heterocycles. The van der Waals surface area contributed by atoms with Gasteiger partial charge in [-0.05, 0) is 35.9 Å². The zero-order valence-corrected chi connectivity index (χ0v) is 43.0. The maximum Gasteiger partial charge on any atom is 1.00 e. The fourth-order valence-electron chi connectivity index (χ4n) is 4.05. The van der Waals surface area contributed by atoms with Gasteiger partial charge >= 0.3 is 129 Å². The second kappa shape index (κ2) is 27.3. The number of ether oxygens (including phenoxy) is 1. The van der Waals surface area contributed by atoms with Crippen molar-refractivity contribution in [3.05, 3.63) is 66.0 Å². The van der Waals surface area contributed by atoms with Gasteiger partial charge in [0.1, 0.15) is 11.6 Å². The van der Waals surface area contributed by atoms with Crippen molar-refractivity contribution >= 4 is 86.6 Å². The average molecular weight is 912 g/mol. The van der Waals surface area contributed by atoms with Crippen LogP contribution in [0.15, 0.2) is 74.0 Å². The molecule has 0 saturated heterocycles. The maximum absolute atomic E-state index is 11.7. The van der Waals surface area contributed by atoms with E-state index in [-0.39, 0.29) is 165 Å². The van der Waals surface area contributed by atoms with Gasteiger partial charge in [-0.15, -0.1) is 29.5 Å². The molecular formula is C27H25N5Na4O13S6. The zero-order chi connectivity index (χ0) is 37.8.